The lowest BCUT2D eigenvalue weighted by Crippen LogP contribution is -2.48. The number of hydrogen-bond acceptors (Lipinski definition) is 4. The molecule has 0 aliphatic carbocycles. The molecule has 0 aromatic rings. The molecule has 4 heteroatoms. The van der Waals surface area contributed by atoms with Crippen LogP contribution >= 0.6 is 0 Å². The normalized spacial score (nSPS) is 27.8. The third-order valence-electron chi connectivity index (χ3n) is 3.61. The fourth-order valence-electron chi connectivity index (χ4n) is 2.36. The third kappa shape index (κ3) is 4.28. The van der Waals surface area contributed by atoms with E-state index in [4.69, 9.17) is 9.47 Å². The van der Waals surface area contributed by atoms with Crippen molar-refractivity contribution in [1.29, 1.82) is 0 Å². The number of likely N-dealkylation sites (tertiary alicyclic amines) is 1. The lowest BCUT2D eigenvalue weighted by molar-refractivity contribution is -0.144. The summed E-state index contributed by atoms with van der Waals surface area (Å²) in [6.07, 6.45) is 1.89. The molecule has 0 aromatic carbocycles. The Morgan fingerprint density at radius 1 is 1.53 bits per heavy atom. The van der Waals surface area contributed by atoms with Crippen LogP contribution in [0, 0.1) is 5.92 Å². The van der Waals surface area contributed by atoms with E-state index in [-0.39, 0.29) is 18.1 Å². The van der Waals surface area contributed by atoms with Crippen LogP contribution in [0.25, 0.3) is 0 Å². The number of carbonyl (C=O) groups excluding carboxylic acids is 1. The quantitative estimate of drug-likeness (QED) is 0.689. The summed E-state index contributed by atoms with van der Waals surface area (Å²) in [5.74, 6) is 0.499. The minimum Gasteiger partial charge on any atom is -0.466 e. The summed E-state index contributed by atoms with van der Waals surface area (Å²) in [6, 6.07) is 0.235. The second-order valence-electron chi connectivity index (χ2n) is 4.89. The maximum absolute atomic E-state index is 11.4. The Balaban J connectivity index is 2.41. The Morgan fingerprint density at radius 2 is 2.24 bits per heavy atom. The highest BCUT2D eigenvalue weighted by molar-refractivity contribution is 5.70. The van der Waals surface area contributed by atoms with Crippen LogP contribution in [0.5, 0.6) is 0 Å². The van der Waals surface area contributed by atoms with Crippen molar-refractivity contribution >= 4 is 5.97 Å². The Bertz CT molecular complexity index is 245. The molecule has 0 radical (unpaired) electrons. The first-order valence-electron chi connectivity index (χ1n) is 6.50. The molecule has 0 aromatic heterocycles. The molecule has 1 fully saturated rings. The van der Waals surface area contributed by atoms with Crippen LogP contribution in [-0.2, 0) is 14.3 Å². The zero-order valence-corrected chi connectivity index (χ0v) is 11.4. The van der Waals surface area contributed by atoms with Crippen LogP contribution in [0.15, 0.2) is 0 Å². The number of esters is 1. The zero-order valence-electron chi connectivity index (χ0n) is 11.4. The van der Waals surface area contributed by atoms with E-state index in [9.17, 15) is 4.79 Å². The minimum absolute atomic E-state index is 0.104. The Hall–Kier alpha value is -0.610. The van der Waals surface area contributed by atoms with Crippen molar-refractivity contribution in [1.82, 2.24) is 4.90 Å². The van der Waals surface area contributed by atoms with E-state index in [0.29, 0.717) is 18.9 Å². The molecule has 17 heavy (non-hydrogen) atoms. The van der Waals surface area contributed by atoms with Gasteiger partial charge in [-0.25, -0.2) is 0 Å². The number of piperidine rings is 1. The molecule has 3 atom stereocenters. The Kier molecular flexibility index (Phi) is 5.92. The smallest absolute Gasteiger partial charge is 0.307 e. The number of ether oxygens (including phenoxy) is 2. The maximum Gasteiger partial charge on any atom is 0.307 e. The predicted molar refractivity (Wildman–Crippen MR) is 66.9 cm³/mol. The van der Waals surface area contributed by atoms with Crippen LogP contribution in [-0.4, -0.2) is 49.8 Å². The molecular weight excluding hydrogens is 218 g/mol. The summed E-state index contributed by atoms with van der Waals surface area (Å²) in [7, 11) is 1.76. The molecule has 0 bridgehead atoms. The maximum atomic E-state index is 11.4. The van der Waals surface area contributed by atoms with Gasteiger partial charge in [-0.2, -0.15) is 0 Å². The molecule has 0 spiro atoms. The van der Waals surface area contributed by atoms with Crippen LogP contribution in [0.2, 0.25) is 0 Å². The third-order valence-corrected chi connectivity index (χ3v) is 3.61. The van der Waals surface area contributed by atoms with Crippen LogP contribution in [0.3, 0.4) is 0 Å². The topological polar surface area (TPSA) is 38.8 Å². The molecule has 1 saturated heterocycles. The average Bonchev–Trinajstić information content (AvgIpc) is 2.29. The summed E-state index contributed by atoms with van der Waals surface area (Å²) in [5, 5.41) is 0. The van der Waals surface area contributed by atoms with Crippen LogP contribution < -0.4 is 0 Å². The van der Waals surface area contributed by atoms with Gasteiger partial charge in [0, 0.05) is 19.7 Å². The second-order valence-corrected chi connectivity index (χ2v) is 4.89. The molecule has 3 unspecified atom stereocenters. The number of hydrogen-bond donors (Lipinski definition) is 0. The fraction of sp³-hybridized carbons (Fsp3) is 0.923. The van der Waals surface area contributed by atoms with E-state index >= 15 is 0 Å². The van der Waals surface area contributed by atoms with Gasteiger partial charge in [0.2, 0.25) is 0 Å². The first kappa shape index (κ1) is 14.5. The van der Waals surface area contributed by atoms with Crippen molar-refractivity contribution in [3.8, 4) is 0 Å². The Morgan fingerprint density at radius 3 is 2.82 bits per heavy atom. The van der Waals surface area contributed by atoms with E-state index in [1.165, 1.54) is 0 Å². The van der Waals surface area contributed by atoms with Gasteiger partial charge in [0.1, 0.15) is 0 Å². The number of nitrogens with zero attached hydrogens (tertiary/aromatic N) is 1. The molecule has 100 valence electrons. The van der Waals surface area contributed by atoms with Crippen molar-refractivity contribution in [3.05, 3.63) is 0 Å². The van der Waals surface area contributed by atoms with Crippen LogP contribution in [0.1, 0.15) is 33.6 Å². The van der Waals surface area contributed by atoms with Gasteiger partial charge < -0.3 is 9.47 Å². The van der Waals surface area contributed by atoms with E-state index in [1.54, 1.807) is 7.11 Å². The molecule has 0 N–H and O–H groups in total. The van der Waals surface area contributed by atoms with Crippen molar-refractivity contribution < 1.29 is 14.3 Å². The van der Waals surface area contributed by atoms with Crippen molar-refractivity contribution in [2.24, 2.45) is 5.92 Å². The SMILES string of the molecule is CCOC(=O)CC(C)N1CCC(C)C(OC)C1. The van der Waals surface area contributed by atoms with Gasteiger partial charge in [-0.3, -0.25) is 9.69 Å². The highest BCUT2D eigenvalue weighted by Crippen LogP contribution is 2.22. The zero-order chi connectivity index (χ0) is 12.8. The fourth-order valence-corrected chi connectivity index (χ4v) is 2.36. The molecule has 1 aliphatic rings. The summed E-state index contributed by atoms with van der Waals surface area (Å²) >= 11 is 0. The predicted octanol–water partition coefficient (Wildman–Crippen LogP) is 1.68. The number of rotatable bonds is 5. The molecule has 1 aliphatic heterocycles. The van der Waals surface area contributed by atoms with Crippen LogP contribution in [0.4, 0.5) is 0 Å². The molecule has 1 heterocycles. The summed E-state index contributed by atoms with van der Waals surface area (Å²) in [5.41, 5.74) is 0. The van der Waals surface area contributed by atoms with E-state index in [1.807, 2.05) is 6.92 Å². The first-order chi connectivity index (χ1) is 8.08. The monoisotopic (exact) mass is 243 g/mol. The highest BCUT2D eigenvalue weighted by atomic mass is 16.5. The van der Waals surface area contributed by atoms with Crippen molar-refractivity contribution in [3.63, 3.8) is 0 Å². The molecule has 1 rings (SSSR count). The largest absolute Gasteiger partial charge is 0.466 e. The standard InChI is InChI=1S/C13H25NO3/c1-5-17-13(15)8-11(3)14-7-6-10(2)12(9-14)16-4/h10-12H,5-9H2,1-4H3. The first-order valence-corrected chi connectivity index (χ1v) is 6.50. The highest BCUT2D eigenvalue weighted by Gasteiger charge is 2.29. The van der Waals surface area contributed by atoms with Gasteiger partial charge in [0.15, 0.2) is 0 Å². The van der Waals surface area contributed by atoms with Gasteiger partial charge in [-0.05, 0) is 32.7 Å². The van der Waals surface area contributed by atoms with E-state index < -0.39 is 0 Å². The minimum atomic E-state index is -0.104. The van der Waals surface area contributed by atoms with Gasteiger partial charge in [0.05, 0.1) is 19.1 Å². The summed E-state index contributed by atoms with van der Waals surface area (Å²) < 4.78 is 10.5. The van der Waals surface area contributed by atoms with Gasteiger partial charge in [-0.15, -0.1) is 0 Å². The molecule has 0 amide bonds. The molecule has 0 saturated carbocycles. The molecular formula is C13H25NO3. The van der Waals surface area contributed by atoms with Gasteiger partial charge in [0.25, 0.3) is 0 Å². The van der Waals surface area contributed by atoms with E-state index in [2.05, 4.69) is 18.7 Å². The van der Waals surface area contributed by atoms with Crippen molar-refractivity contribution in [2.45, 2.75) is 45.8 Å². The lowest BCUT2D eigenvalue weighted by atomic mass is 9.94. The lowest BCUT2D eigenvalue weighted by Gasteiger charge is -2.39. The summed E-state index contributed by atoms with van der Waals surface area (Å²) in [6.45, 7) is 8.57. The molecule has 4 nitrogen and oxygen atoms in total. The average molecular weight is 243 g/mol. The number of carbonyl (C=O) groups is 1. The van der Waals surface area contributed by atoms with Crippen molar-refractivity contribution in [2.75, 3.05) is 26.8 Å². The second kappa shape index (κ2) is 6.97. The van der Waals surface area contributed by atoms with Gasteiger partial charge >= 0.3 is 5.97 Å². The van der Waals surface area contributed by atoms with Gasteiger partial charge in [-0.1, -0.05) is 6.92 Å². The summed E-state index contributed by atoms with van der Waals surface area (Å²) in [4.78, 5) is 13.8. The Labute approximate surface area is 104 Å². The number of methoxy groups -OCH3 is 1. The van der Waals surface area contributed by atoms with E-state index in [0.717, 1.165) is 19.5 Å².